The second kappa shape index (κ2) is 4.80. The molecule has 0 atom stereocenters. The standard InChI is InChI=1S/C14H13NO5/c1-16-11-8-5-7-19-12(8)14(18-3)13(17-2)10(11)9-4-6-15-20-9/h4-7H,1-3H3. The van der Waals surface area contributed by atoms with Gasteiger partial charge in [-0.3, -0.25) is 0 Å². The monoisotopic (exact) mass is 275 g/mol. The van der Waals surface area contributed by atoms with Crippen LogP contribution in [0.3, 0.4) is 0 Å². The van der Waals surface area contributed by atoms with E-state index in [1.165, 1.54) is 0 Å². The van der Waals surface area contributed by atoms with Crippen molar-refractivity contribution in [3.8, 4) is 28.6 Å². The largest absolute Gasteiger partial charge is 0.495 e. The van der Waals surface area contributed by atoms with Crippen LogP contribution in [0.4, 0.5) is 0 Å². The summed E-state index contributed by atoms with van der Waals surface area (Å²) in [6.45, 7) is 0. The van der Waals surface area contributed by atoms with Gasteiger partial charge < -0.3 is 23.2 Å². The van der Waals surface area contributed by atoms with E-state index in [-0.39, 0.29) is 0 Å². The van der Waals surface area contributed by atoms with Crippen molar-refractivity contribution in [1.29, 1.82) is 0 Å². The molecule has 104 valence electrons. The first kappa shape index (κ1) is 12.4. The van der Waals surface area contributed by atoms with Crippen molar-refractivity contribution in [2.75, 3.05) is 21.3 Å². The lowest BCUT2D eigenvalue weighted by atomic mass is 10.1. The zero-order valence-electron chi connectivity index (χ0n) is 11.3. The number of hydrogen-bond acceptors (Lipinski definition) is 6. The Morgan fingerprint density at radius 1 is 0.950 bits per heavy atom. The molecule has 0 saturated heterocycles. The molecule has 1 aromatic carbocycles. The molecule has 0 bridgehead atoms. The van der Waals surface area contributed by atoms with E-state index >= 15 is 0 Å². The van der Waals surface area contributed by atoms with Crippen LogP contribution >= 0.6 is 0 Å². The van der Waals surface area contributed by atoms with Gasteiger partial charge in [0.05, 0.1) is 39.2 Å². The molecule has 0 unspecified atom stereocenters. The summed E-state index contributed by atoms with van der Waals surface area (Å²) >= 11 is 0. The van der Waals surface area contributed by atoms with Gasteiger partial charge in [0.1, 0.15) is 11.3 Å². The van der Waals surface area contributed by atoms with Gasteiger partial charge in [-0.15, -0.1) is 0 Å². The summed E-state index contributed by atoms with van der Waals surface area (Å²) in [6.07, 6.45) is 3.12. The fraction of sp³-hybridized carbons (Fsp3) is 0.214. The van der Waals surface area contributed by atoms with Gasteiger partial charge in [-0.2, -0.15) is 0 Å². The number of rotatable bonds is 4. The predicted molar refractivity (Wildman–Crippen MR) is 71.4 cm³/mol. The van der Waals surface area contributed by atoms with E-state index in [1.54, 1.807) is 45.9 Å². The van der Waals surface area contributed by atoms with Gasteiger partial charge in [0.15, 0.2) is 17.1 Å². The Hall–Kier alpha value is -2.63. The topological polar surface area (TPSA) is 66.9 Å². The summed E-state index contributed by atoms with van der Waals surface area (Å²) in [5.41, 5.74) is 1.20. The highest BCUT2D eigenvalue weighted by molar-refractivity contribution is 5.99. The Labute approximate surface area is 114 Å². The molecule has 0 saturated carbocycles. The molecule has 6 heteroatoms. The van der Waals surface area contributed by atoms with Crippen molar-refractivity contribution in [3.63, 3.8) is 0 Å². The molecule has 20 heavy (non-hydrogen) atoms. The number of methoxy groups -OCH3 is 3. The zero-order chi connectivity index (χ0) is 14.1. The molecule has 2 aromatic heterocycles. The lowest BCUT2D eigenvalue weighted by Gasteiger charge is -2.15. The average Bonchev–Trinajstić information content (AvgIpc) is 3.15. The van der Waals surface area contributed by atoms with Crippen molar-refractivity contribution >= 4 is 11.0 Å². The molecule has 3 rings (SSSR count). The summed E-state index contributed by atoms with van der Waals surface area (Å²) in [6, 6.07) is 3.53. The Kier molecular flexibility index (Phi) is 2.98. The Morgan fingerprint density at radius 2 is 1.70 bits per heavy atom. The third kappa shape index (κ3) is 1.61. The molecular formula is C14H13NO5. The SMILES string of the molecule is COc1c(-c2ccno2)c(OC)c2ccoc2c1OC. The Bertz CT molecular complexity index is 730. The molecule has 0 spiro atoms. The first-order valence-corrected chi connectivity index (χ1v) is 5.92. The number of aromatic nitrogens is 1. The summed E-state index contributed by atoms with van der Waals surface area (Å²) in [5, 5.41) is 4.50. The fourth-order valence-electron chi connectivity index (χ4n) is 2.28. The highest BCUT2D eigenvalue weighted by Crippen LogP contribution is 2.50. The van der Waals surface area contributed by atoms with Crippen LogP contribution < -0.4 is 14.2 Å². The molecule has 0 radical (unpaired) electrons. The fourth-order valence-corrected chi connectivity index (χ4v) is 2.28. The normalized spacial score (nSPS) is 10.8. The molecule has 6 nitrogen and oxygen atoms in total. The summed E-state index contributed by atoms with van der Waals surface area (Å²) in [7, 11) is 4.68. The van der Waals surface area contributed by atoms with Crippen molar-refractivity contribution in [2.45, 2.75) is 0 Å². The minimum atomic E-state index is 0.476. The van der Waals surface area contributed by atoms with Crippen molar-refractivity contribution in [3.05, 3.63) is 24.6 Å². The lowest BCUT2D eigenvalue weighted by Crippen LogP contribution is -1.97. The Morgan fingerprint density at radius 3 is 2.30 bits per heavy atom. The number of nitrogens with zero attached hydrogens (tertiary/aromatic N) is 1. The van der Waals surface area contributed by atoms with Crippen LogP contribution in [0.2, 0.25) is 0 Å². The van der Waals surface area contributed by atoms with Crippen LogP contribution in [0.15, 0.2) is 33.5 Å². The molecule has 0 aliphatic heterocycles. The summed E-state index contributed by atoms with van der Waals surface area (Å²) in [5.74, 6) is 2.08. The predicted octanol–water partition coefficient (Wildman–Crippen LogP) is 3.11. The van der Waals surface area contributed by atoms with E-state index in [2.05, 4.69) is 5.16 Å². The first-order chi connectivity index (χ1) is 9.81. The number of ether oxygens (including phenoxy) is 3. The Balaban J connectivity index is 2.47. The van der Waals surface area contributed by atoms with Crippen LogP contribution in [0, 0.1) is 0 Å². The molecule has 0 fully saturated rings. The molecule has 3 aromatic rings. The maximum absolute atomic E-state index is 5.50. The van der Waals surface area contributed by atoms with Crippen LogP contribution in [-0.4, -0.2) is 26.5 Å². The van der Waals surface area contributed by atoms with Gasteiger partial charge in [0, 0.05) is 6.07 Å². The zero-order valence-corrected chi connectivity index (χ0v) is 11.3. The van der Waals surface area contributed by atoms with Gasteiger partial charge in [0.2, 0.25) is 5.75 Å². The number of fused-ring (bicyclic) bond motifs is 1. The van der Waals surface area contributed by atoms with E-state index in [1.807, 2.05) is 0 Å². The van der Waals surface area contributed by atoms with E-state index in [0.29, 0.717) is 34.2 Å². The van der Waals surface area contributed by atoms with E-state index in [0.717, 1.165) is 5.39 Å². The summed E-state index contributed by atoms with van der Waals surface area (Å²) in [4.78, 5) is 0. The van der Waals surface area contributed by atoms with Gasteiger partial charge in [-0.05, 0) is 6.07 Å². The highest BCUT2D eigenvalue weighted by Gasteiger charge is 2.26. The molecule has 2 heterocycles. The number of furan rings is 1. The number of hydrogen-bond donors (Lipinski definition) is 0. The van der Waals surface area contributed by atoms with Crippen LogP contribution in [0.25, 0.3) is 22.3 Å². The third-order valence-electron chi connectivity index (χ3n) is 3.07. The molecule has 0 N–H and O–H groups in total. The van der Waals surface area contributed by atoms with Crippen molar-refractivity contribution in [1.82, 2.24) is 5.16 Å². The smallest absolute Gasteiger partial charge is 0.205 e. The van der Waals surface area contributed by atoms with Crippen LogP contribution in [-0.2, 0) is 0 Å². The highest BCUT2D eigenvalue weighted by atomic mass is 16.5. The molecular weight excluding hydrogens is 262 g/mol. The van der Waals surface area contributed by atoms with E-state index in [9.17, 15) is 0 Å². The number of benzene rings is 1. The maximum atomic E-state index is 5.50. The van der Waals surface area contributed by atoms with Gasteiger partial charge in [-0.25, -0.2) is 0 Å². The summed E-state index contributed by atoms with van der Waals surface area (Å²) < 4.78 is 27.1. The second-order valence-corrected chi connectivity index (χ2v) is 4.01. The van der Waals surface area contributed by atoms with Gasteiger partial charge >= 0.3 is 0 Å². The lowest BCUT2D eigenvalue weighted by molar-refractivity contribution is 0.347. The van der Waals surface area contributed by atoms with E-state index < -0.39 is 0 Å². The van der Waals surface area contributed by atoms with Crippen molar-refractivity contribution < 1.29 is 23.2 Å². The quantitative estimate of drug-likeness (QED) is 0.728. The van der Waals surface area contributed by atoms with Crippen molar-refractivity contribution in [2.24, 2.45) is 0 Å². The minimum absolute atomic E-state index is 0.476. The average molecular weight is 275 g/mol. The minimum Gasteiger partial charge on any atom is -0.495 e. The second-order valence-electron chi connectivity index (χ2n) is 4.01. The third-order valence-corrected chi connectivity index (χ3v) is 3.07. The van der Waals surface area contributed by atoms with Crippen LogP contribution in [0.1, 0.15) is 0 Å². The van der Waals surface area contributed by atoms with E-state index in [4.69, 9.17) is 23.2 Å². The molecule has 0 amide bonds. The van der Waals surface area contributed by atoms with Gasteiger partial charge in [-0.1, -0.05) is 5.16 Å². The first-order valence-electron chi connectivity index (χ1n) is 5.92. The molecule has 0 aliphatic carbocycles. The van der Waals surface area contributed by atoms with Crippen LogP contribution in [0.5, 0.6) is 17.2 Å². The van der Waals surface area contributed by atoms with Gasteiger partial charge in [0.25, 0.3) is 0 Å². The molecule has 0 aliphatic rings. The maximum Gasteiger partial charge on any atom is 0.205 e.